The molecule has 134 valence electrons. The van der Waals surface area contributed by atoms with E-state index < -0.39 is 0 Å². The Bertz CT molecular complexity index is 647. The van der Waals surface area contributed by atoms with E-state index in [1.165, 1.54) is 57.8 Å². The quantitative estimate of drug-likeness (QED) is 0.793. The highest BCUT2D eigenvalue weighted by molar-refractivity contribution is 5.85. The first-order chi connectivity index (χ1) is 10.8. The van der Waals surface area contributed by atoms with E-state index in [0.717, 1.165) is 17.0 Å². The summed E-state index contributed by atoms with van der Waals surface area (Å²) in [4.78, 5) is 16.1. The molecular formula is C17H27Cl2N5. The largest absolute Gasteiger partial charge is 0.355 e. The first-order valence-electron chi connectivity index (χ1n) is 8.75. The van der Waals surface area contributed by atoms with E-state index in [1.54, 1.807) is 6.33 Å². The van der Waals surface area contributed by atoms with Gasteiger partial charge in [0, 0.05) is 19.1 Å². The molecule has 0 aromatic carbocycles. The third-order valence-corrected chi connectivity index (χ3v) is 5.51. The molecule has 24 heavy (non-hydrogen) atoms. The normalized spacial score (nSPS) is 19.0. The maximum absolute atomic E-state index is 4.68. The molecule has 2 heterocycles. The van der Waals surface area contributed by atoms with Gasteiger partial charge in [0.25, 0.3) is 0 Å². The smallest absolute Gasteiger partial charge is 0.165 e. The summed E-state index contributed by atoms with van der Waals surface area (Å²) in [7, 11) is 2.17. The van der Waals surface area contributed by atoms with Gasteiger partial charge in [-0.15, -0.1) is 24.8 Å². The Morgan fingerprint density at radius 2 is 1.58 bits per heavy atom. The molecule has 2 saturated carbocycles. The number of anilines is 1. The van der Waals surface area contributed by atoms with E-state index in [1.807, 2.05) is 6.33 Å². The van der Waals surface area contributed by atoms with Gasteiger partial charge in [-0.2, -0.15) is 0 Å². The summed E-state index contributed by atoms with van der Waals surface area (Å²) in [6.45, 7) is 0. The van der Waals surface area contributed by atoms with Crippen LogP contribution in [0.1, 0.15) is 63.8 Å². The highest BCUT2D eigenvalue weighted by Gasteiger charge is 2.24. The van der Waals surface area contributed by atoms with Gasteiger partial charge in [-0.25, -0.2) is 15.0 Å². The molecule has 2 aliphatic rings. The summed E-state index contributed by atoms with van der Waals surface area (Å²) < 4.78 is 2.28. The molecule has 0 amide bonds. The summed E-state index contributed by atoms with van der Waals surface area (Å²) >= 11 is 0. The summed E-state index contributed by atoms with van der Waals surface area (Å²) in [5.41, 5.74) is 1.99. The molecule has 4 rings (SSSR count). The molecule has 0 spiro atoms. The fourth-order valence-corrected chi connectivity index (χ4v) is 4.19. The third kappa shape index (κ3) is 3.47. The van der Waals surface area contributed by atoms with E-state index in [-0.39, 0.29) is 24.8 Å². The maximum atomic E-state index is 4.68. The zero-order valence-corrected chi connectivity index (χ0v) is 15.9. The highest BCUT2D eigenvalue weighted by atomic mass is 35.5. The molecule has 0 aliphatic heterocycles. The summed E-state index contributed by atoms with van der Waals surface area (Å²) in [6.07, 6.45) is 15.4. The van der Waals surface area contributed by atoms with Crippen LogP contribution in [0, 0.1) is 0 Å². The molecule has 2 aromatic rings. The number of rotatable bonds is 3. The number of hydrogen-bond donors (Lipinski definition) is 0. The zero-order chi connectivity index (χ0) is 14.9. The van der Waals surface area contributed by atoms with Crippen LogP contribution in [-0.4, -0.2) is 32.6 Å². The monoisotopic (exact) mass is 371 g/mol. The maximum Gasteiger partial charge on any atom is 0.165 e. The molecule has 0 bridgehead atoms. The van der Waals surface area contributed by atoms with Gasteiger partial charge in [-0.05, 0) is 25.7 Å². The standard InChI is InChI=1S/C17H25N5.2ClH/c1-21(13-7-3-2-4-8-13)16-15-17(19-11-18-16)22(12-20-15)14-9-5-6-10-14;;/h11-14H,2-10H2,1H3;2*1H. The van der Waals surface area contributed by atoms with Crippen LogP contribution < -0.4 is 4.90 Å². The van der Waals surface area contributed by atoms with Crippen LogP contribution in [0.3, 0.4) is 0 Å². The predicted molar refractivity (Wildman–Crippen MR) is 103 cm³/mol. The Labute approximate surface area is 156 Å². The number of halogens is 2. The number of hydrogen-bond acceptors (Lipinski definition) is 4. The zero-order valence-electron chi connectivity index (χ0n) is 14.2. The summed E-state index contributed by atoms with van der Waals surface area (Å²) in [6, 6.07) is 1.18. The fourth-order valence-electron chi connectivity index (χ4n) is 4.19. The fraction of sp³-hybridized carbons (Fsp3) is 0.706. The topological polar surface area (TPSA) is 46.8 Å². The Morgan fingerprint density at radius 1 is 0.917 bits per heavy atom. The molecule has 0 radical (unpaired) electrons. The van der Waals surface area contributed by atoms with E-state index >= 15 is 0 Å². The van der Waals surface area contributed by atoms with Crippen molar-refractivity contribution in [1.82, 2.24) is 19.5 Å². The number of nitrogens with zero attached hydrogens (tertiary/aromatic N) is 5. The van der Waals surface area contributed by atoms with E-state index in [4.69, 9.17) is 0 Å². The molecule has 0 N–H and O–H groups in total. The van der Waals surface area contributed by atoms with E-state index in [2.05, 4.69) is 31.5 Å². The minimum Gasteiger partial charge on any atom is -0.355 e. The van der Waals surface area contributed by atoms with Crippen LogP contribution in [0.4, 0.5) is 5.82 Å². The lowest BCUT2D eigenvalue weighted by atomic mass is 9.94. The van der Waals surface area contributed by atoms with Crippen molar-refractivity contribution < 1.29 is 0 Å². The van der Waals surface area contributed by atoms with Crippen LogP contribution in [0.15, 0.2) is 12.7 Å². The van der Waals surface area contributed by atoms with Crippen LogP contribution in [0.25, 0.3) is 11.2 Å². The van der Waals surface area contributed by atoms with Gasteiger partial charge < -0.3 is 9.47 Å². The molecule has 0 atom stereocenters. The van der Waals surface area contributed by atoms with Gasteiger partial charge in [-0.1, -0.05) is 32.1 Å². The molecule has 2 aromatic heterocycles. The van der Waals surface area contributed by atoms with Crippen molar-refractivity contribution in [2.24, 2.45) is 0 Å². The molecule has 0 unspecified atom stereocenters. The Kier molecular flexibility index (Phi) is 6.70. The summed E-state index contributed by atoms with van der Waals surface area (Å²) in [5, 5.41) is 0. The summed E-state index contributed by atoms with van der Waals surface area (Å²) in [5.74, 6) is 1.01. The molecule has 7 heteroatoms. The molecular weight excluding hydrogens is 345 g/mol. The average molecular weight is 372 g/mol. The van der Waals surface area contributed by atoms with Crippen LogP contribution in [-0.2, 0) is 0 Å². The minimum absolute atomic E-state index is 0. The molecule has 2 aliphatic carbocycles. The van der Waals surface area contributed by atoms with Crippen LogP contribution in [0.2, 0.25) is 0 Å². The van der Waals surface area contributed by atoms with Gasteiger partial charge in [-0.3, -0.25) is 0 Å². The molecule has 5 nitrogen and oxygen atoms in total. The lowest BCUT2D eigenvalue weighted by Gasteiger charge is -2.32. The van der Waals surface area contributed by atoms with Crippen LogP contribution in [0.5, 0.6) is 0 Å². The second-order valence-electron chi connectivity index (χ2n) is 6.86. The van der Waals surface area contributed by atoms with Gasteiger partial charge in [0.15, 0.2) is 17.0 Å². The Hall–Kier alpha value is -1.07. The van der Waals surface area contributed by atoms with Crippen molar-refractivity contribution in [2.75, 3.05) is 11.9 Å². The van der Waals surface area contributed by atoms with Crippen LogP contribution >= 0.6 is 24.8 Å². The highest BCUT2D eigenvalue weighted by Crippen LogP contribution is 2.33. The van der Waals surface area contributed by atoms with Crippen molar-refractivity contribution in [1.29, 1.82) is 0 Å². The van der Waals surface area contributed by atoms with Gasteiger partial charge in [0.05, 0.1) is 6.33 Å². The van der Waals surface area contributed by atoms with Gasteiger partial charge in [0.1, 0.15) is 6.33 Å². The average Bonchev–Trinajstić information content (AvgIpc) is 3.23. The lowest BCUT2D eigenvalue weighted by Crippen LogP contribution is -2.34. The van der Waals surface area contributed by atoms with Gasteiger partial charge >= 0.3 is 0 Å². The first-order valence-corrected chi connectivity index (χ1v) is 8.75. The Morgan fingerprint density at radius 3 is 2.29 bits per heavy atom. The second-order valence-corrected chi connectivity index (χ2v) is 6.86. The molecule has 0 saturated heterocycles. The van der Waals surface area contributed by atoms with E-state index in [9.17, 15) is 0 Å². The first kappa shape index (κ1) is 19.3. The second kappa shape index (κ2) is 8.34. The number of fused-ring (bicyclic) bond motifs is 1. The third-order valence-electron chi connectivity index (χ3n) is 5.51. The van der Waals surface area contributed by atoms with Crippen molar-refractivity contribution >= 4 is 41.8 Å². The predicted octanol–water partition coefficient (Wildman–Crippen LogP) is 4.55. The van der Waals surface area contributed by atoms with Crippen molar-refractivity contribution in [3.05, 3.63) is 12.7 Å². The SMILES string of the molecule is CN(c1ncnc2c1ncn2C1CCCC1)C1CCCCC1.Cl.Cl. The lowest BCUT2D eigenvalue weighted by molar-refractivity contribution is 0.426. The van der Waals surface area contributed by atoms with E-state index in [0.29, 0.717) is 12.1 Å². The molecule has 2 fully saturated rings. The van der Waals surface area contributed by atoms with Crippen molar-refractivity contribution in [2.45, 2.75) is 69.9 Å². The van der Waals surface area contributed by atoms with Gasteiger partial charge in [0.2, 0.25) is 0 Å². The van der Waals surface area contributed by atoms with Crippen molar-refractivity contribution in [3.8, 4) is 0 Å². The number of aromatic nitrogens is 4. The Balaban J connectivity index is 0.00000104. The number of imidazole rings is 1. The van der Waals surface area contributed by atoms with Crippen molar-refractivity contribution in [3.63, 3.8) is 0 Å². The minimum atomic E-state index is 0.